The standard InChI is InChI=1S/C15H22N2O2.ClH/c18-15(12-17-13-6-2-1-3-7-13)16-10-11-19-14-8-4-5-9-14;/h1-3,6-7,14,17H,4-5,8-12H2,(H,16,18);1H. The molecule has 112 valence electrons. The normalized spacial score (nSPS) is 14.6. The van der Waals surface area contributed by atoms with Crippen LogP contribution in [0.15, 0.2) is 30.3 Å². The minimum absolute atomic E-state index is 0. The van der Waals surface area contributed by atoms with E-state index in [0.29, 0.717) is 25.8 Å². The van der Waals surface area contributed by atoms with Gasteiger partial charge in [-0.1, -0.05) is 31.0 Å². The molecule has 1 saturated carbocycles. The number of ether oxygens (including phenoxy) is 1. The van der Waals surface area contributed by atoms with Crippen LogP contribution in [0.2, 0.25) is 0 Å². The Hall–Kier alpha value is -1.26. The lowest BCUT2D eigenvalue weighted by Gasteiger charge is -2.12. The summed E-state index contributed by atoms with van der Waals surface area (Å²) in [5.41, 5.74) is 0.958. The van der Waals surface area contributed by atoms with Crippen molar-refractivity contribution in [1.82, 2.24) is 5.32 Å². The quantitative estimate of drug-likeness (QED) is 0.761. The lowest BCUT2D eigenvalue weighted by atomic mass is 10.3. The highest BCUT2D eigenvalue weighted by Crippen LogP contribution is 2.20. The Kier molecular flexibility index (Phi) is 8.07. The van der Waals surface area contributed by atoms with Gasteiger partial charge in [-0.15, -0.1) is 12.4 Å². The maximum Gasteiger partial charge on any atom is 0.239 e. The summed E-state index contributed by atoms with van der Waals surface area (Å²) >= 11 is 0. The number of anilines is 1. The van der Waals surface area contributed by atoms with Crippen molar-refractivity contribution in [2.45, 2.75) is 31.8 Å². The number of carbonyl (C=O) groups excluding carboxylic acids is 1. The Morgan fingerprint density at radius 2 is 1.90 bits per heavy atom. The molecule has 1 amide bonds. The van der Waals surface area contributed by atoms with Crippen molar-refractivity contribution in [2.24, 2.45) is 0 Å². The van der Waals surface area contributed by atoms with E-state index in [4.69, 9.17) is 4.74 Å². The van der Waals surface area contributed by atoms with Gasteiger partial charge in [-0.05, 0) is 25.0 Å². The highest BCUT2D eigenvalue weighted by Gasteiger charge is 2.14. The van der Waals surface area contributed by atoms with E-state index in [1.54, 1.807) is 0 Å². The van der Waals surface area contributed by atoms with Crippen molar-refractivity contribution in [3.8, 4) is 0 Å². The van der Waals surface area contributed by atoms with Gasteiger partial charge < -0.3 is 15.4 Å². The van der Waals surface area contributed by atoms with E-state index < -0.39 is 0 Å². The molecule has 1 aliphatic rings. The molecule has 0 aromatic heterocycles. The smallest absolute Gasteiger partial charge is 0.239 e. The van der Waals surface area contributed by atoms with Gasteiger partial charge >= 0.3 is 0 Å². The second kappa shape index (κ2) is 9.61. The van der Waals surface area contributed by atoms with Gasteiger partial charge in [0.1, 0.15) is 0 Å². The van der Waals surface area contributed by atoms with Gasteiger partial charge in [0, 0.05) is 12.2 Å². The van der Waals surface area contributed by atoms with Crippen molar-refractivity contribution in [3.63, 3.8) is 0 Å². The largest absolute Gasteiger partial charge is 0.376 e. The zero-order valence-corrected chi connectivity index (χ0v) is 12.5. The molecular weight excluding hydrogens is 276 g/mol. The Bertz CT molecular complexity index is 381. The second-order valence-electron chi connectivity index (χ2n) is 4.85. The van der Waals surface area contributed by atoms with Crippen molar-refractivity contribution in [2.75, 3.05) is 25.0 Å². The van der Waals surface area contributed by atoms with E-state index in [1.165, 1.54) is 25.7 Å². The highest BCUT2D eigenvalue weighted by molar-refractivity contribution is 5.85. The third-order valence-electron chi connectivity index (χ3n) is 3.31. The van der Waals surface area contributed by atoms with Crippen LogP contribution in [-0.4, -0.2) is 31.7 Å². The van der Waals surface area contributed by atoms with E-state index in [0.717, 1.165) is 5.69 Å². The Labute approximate surface area is 126 Å². The first-order valence-electron chi connectivity index (χ1n) is 7.02. The predicted molar refractivity (Wildman–Crippen MR) is 83.4 cm³/mol. The average molecular weight is 299 g/mol. The molecule has 0 bridgehead atoms. The van der Waals surface area contributed by atoms with Crippen LogP contribution in [0.25, 0.3) is 0 Å². The molecule has 0 spiro atoms. The molecule has 0 heterocycles. The van der Waals surface area contributed by atoms with Crippen LogP contribution in [-0.2, 0) is 9.53 Å². The van der Waals surface area contributed by atoms with Crippen molar-refractivity contribution >= 4 is 24.0 Å². The van der Waals surface area contributed by atoms with Crippen LogP contribution >= 0.6 is 12.4 Å². The summed E-state index contributed by atoms with van der Waals surface area (Å²) < 4.78 is 5.68. The van der Waals surface area contributed by atoms with Gasteiger partial charge in [0.25, 0.3) is 0 Å². The summed E-state index contributed by atoms with van der Waals surface area (Å²) in [7, 11) is 0. The SMILES string of the molecule is Cl.O=C(CNc1ccccc1)NCCOC1CCCC1. The maximum absolute atomic E-state index is 11.6. The van der Waals surface area contributed by atoms with E-state index in [9.17, 15) is 4.79 Å². The van der Waals surface area contributed by atoms with E-state index in [-0.39, 0.29) is 18.3 Å². The van der Waals surface area contributed by atoms with Gasteiger partial charge in [-0.2, -0.15) is 0 Å². The predicted octanol–water partition coefficient (Wildman–Crippen LogP) is 2.60. The monoisotopic (exact) mass is 298 g/mol. The molecule has 0 radical (unpaired) electrons. The minimum atomic E-state index is -0.00104. The Morgan fingerprint density at radius 3 is 2.60 bits per heavy atom. The Morgan fingerprint density at radius 1 is 1.20 bits per heavy atom. The fourth-order valence-electron chi connectivity index (χ4n) is 2.27. The van der Waals surface area contributed by atoms with Gasteiger partial charge in [-0.25, -0.2) is 0 Å². The van der Waals surface area contributed by atoms with Crippen molar-refractivity contribution < 1.29 is 9.53 Å². The molecule has 0 aliphatic heterocycles. The molecule has 20 heavy (non-hydrogen) atoms. The molecule has 2 rings (SSSR count). The van der Waals surface area contributed by atoms with Crippen LogP contribution in [0.5, 0.6) is 0 Å². The first kappa shape index (κ1) is 16.8. The number of amides is 1. The summed E-state index contributed by atoms with van der Waals surface area (Å²) in [5.74, 6) is -0.00104. The van der Waals surface area contributed by atoms with Crippen LogP contribution < -0.4 is 10.6 Å². The van der Waals surface area contributed by atoms with Crippen LogP contribution in [0.3, 0.4) is 0 Å². The number of carbonyl (C=O) groups is 1. The van der Waals surface area contributed by atoms with Crippen molar-refractivity contribution in [1.29, 1.82) is 0 Å². The molecule has 0 saturated heterocycles. The summed E-state index contributed by atoms with van der Waals surface area (Å²) in [4.78, 5) is 11.6. The lowest BCUT2D eigenvalue weighted by molar-refractivity contribution is -0.119. The summed E-state index contributed by atoms with van der Waals surface area (Å²) in [6.07, 6.45) is 5.31. The van der Waals surface area contributed by atoms with Crippen molar-refractivity contribution in [3.05, 3.63) is 30.3 Å². The minimum Gasteiger partial charge on any atom is -0.376 e. The van der Waals surface area contributed by atoms with Crippen LogP contribution in [0.1, 0.15) is 25.7 Å². The maximum atomic E-state index is 11.6. The second-order valence-corrected chi connectivity index (χ2v) is 4.85. The lowest BCUT2D eigenvalue weighted by Crippen LogP contribution is -2.33. The highest BCUT2D eigenvalue weighted by atomic mass is 35.5. The molecule has 1 aromatic carbocycles. The van der Waals surface area contributed by atoms with Gasteiger partial charge in [-0.3, -0.25) is 4.79 Å². The van der Waals surface area contributed by atoms with Gasteiger partial charge in [0.15, 0.2) is 0 Å². The molecule has 0 unspecified atom stereocenters. The first-order chi connectivity index (χ1) is 9.34. The fraction of sp³-hybridized carbons (Fsp3) is 0.533. The zero-order valence-electron chi connectivity index (χ0n) is 11.6. The molecule has 1 aromatic rings. The van der Waals surface area contributed by atoms with Gasteiger partial charge in [0.05, 0.1) is 19.3 Å². The molecule has 1 fully saturated rings. The fourth-order valence-corrected chi connectivity index (χ4v) is 2.27. The number of benzene rings is 1. The zero-order chi connectivity index (χ0) is 13.3. The number of nitrogens with one attached hydrogen (secondary N) is 2. The summed E-state index contributed by atoms with van der Waals surface area (Å²) in [6, 6.07) is 9.71. The third kappa shape index (κ3) is 6.26. The average Bonchev–Trinajstić information content (AvgIpc) is 2.96. The number of hydrogen-bond acceptors (Lipinski definition) is 3. The van der Waals surface area contributed by atoms with Gasteiger partial charge in [0.2, 0.25) is 5.91 Å². The molecular formula is C15H23ClN2O2. The number of para-hydroxylation sites is 1. The van der Waals surface area contributed by atoms with Crippen LogP contribution in [0.4, 0.5) is 5.69 Å². The first-order valence-corrected chi connectivity index (χ1v) is 7.02. The Balaban J connectivity index is 0.00000200. The van der Waals surface area contributed by atoms with E-state index >= 15 is 0 Å². The van der Waals surface area contributed by atoms with Crippen LogP contribution in [0, 0.1) is 0 Å². The molecule has 1 aliphatic carbocycles. The number of rotatable bonds is 7. The topological polar surface area (TPSA) is 50.4 Å². The number of hydrogen-bond donors (Lipinski definition) is 2. The molecule has 2 N–H and O–H groups in total. The number of halogens is 1. The third-order valence-corrected chi connectivity index (χ3v) is 3.31. The van der Waals surface area contributed by atoms with E-state index in [1.807, 2.05) is 30.3 Å². The molecule has 0 atom stereocenters. The summed E-state index contributed by atoms with van der Waals surface area (Å²) in [6.45, 7) is 1.50. The summed E-state index contributed by atoms with van der Waals surface area (Å²) in [5, 5.41) is 5.92. The molecule has 5 heteroatoms. The molecule has 4 nitrogen and oxygen atoms in total. The van der Waals surface area contributed by atoms with E-state index in [2.05, 4.69) is 10.6 Å².